The van der Waals surface area contributed by atoms with Crippen LogP contribution in [0, 0.1) is 11.6 Å². The first-order valence-corrected chi connectivity index (χ1v) is 13.6. The lowest BCUT2D eigenvalue weighted by Crippen LogP contribution is -2.54. The van der Waals surface area contributed by atoms with E-state index in [0.717, 1.165) is 25.1 Å². The fourth-order valence-corrected chi connectivity index (χ4v) is 5.21. The number of imidazole rings is 1. The number of amides is 2. The van der Waals surface area contributed by atoms with Gasteiger partial charge in [0, 0.05) is 50.1 Å². The van der Waals surface area contributed by atoms with E-state index in [-0.39, 0.29) is 23.3 Å². The highest BCUT2D eigenvalue weighted by Crippen LogP contribution is 2.31. The Morgan fingerprint density at radius 2 is 1.93 bits per heavy atom. The van der Waals surface area contributed by atoms with E-state index >= 15 is 0 Å². The summed E-state index contributed by atoms with van der Waals surface area (Å²) < 4.78 is 42.7. The summed E-state index contributed by atoms with van der Waals surface area (Å²) in [5, 5.41) is 5.39. The summed E-state index contributed by atoms with van der Waals surface area (Å²) in [6.45, 7) is 8.42. The number of rotatable bonds is 4. The van der Waals surface area contributed by atoms with Crippen LogP contribution in [-0.4, -0.2) is 90.4 Å². The fraction of sp³-hybridized carbons (Fsp3) is 0.464. The summed E-state index contributed by atoms with van der Waals surface area (Å²) in [5.41, 5.74) is 0.950. The molecule has 2 amide bonds. The molecule has 0 spiro atoms. The number of nitrogens with zero attached hydrogens (tertiary/aromatic N) is 7. The Balaban J connectivity index is 1.41. The number of halogens is 2. The van der Waals surface area contributed by atoms with Crippen molar-refractivity contribution in [1.82, 2.24) is 33.9 Å². The third kappa shape index (κ3) is 5.21. The molecule has 4 aromatic rings. The first kappa shape index (κ1) is 27.1. The third-order valence-corrected chi connectivity index (χ3v) is 7.29. The summed E-state index contributed by atoms with van der Waals surface area (Å²) in [5.74, 6) is -1.77. The summed E-state index contributed by atoms with van der Waals surface area (Å²) in [4.78, 5) is 38.1. The van der Waals surface area contributed by atoms with Gasteiger partial charge in [-0.15, -0.1) is 0 Å². The second-order valence-electron chi connectivity index (χ2n) is 11.3. The molecule has 0 radical (unpaired) electrons. The van der Waals surface area contributed by atoms with E-state index in [9.17, 15) is 18.4 Å². The number of aromatic nitrogens is 5. The molecule has 0 aliphatic carbocycles. The molecule has 0 bridgehead atoms. The molecule has 6 heterocycles. The van der Waals surface area contributed by atoms with Crippen molar-refractivity contribution in [3.63, 3.8) is 0 Å². The zero-order chi connectivity index (χ0) is 28.9. The number of ether oxygens (including phenoxy) is 2. The van der Waals surface area contributed by atoms with Crippen LogP contribution in [0.15, 0.2) is 30.7 Å². The molecule has 0 saturated carbocycles. The molecule has 2 aliphatic heterocycles. The summed E-state index contributed by atoms with van der Waals surface area (Å²) in [7, 11) is 0. The lowest BCUT2D eigenvalue weighted by Gasteiger charge is -2.41. The van der Waals surface area contributed by atoms with Crippen LogP contribution < -0.4 is 0 Å². The largest absolute Gasteiger partial charge is 0.444 e. The molecule has 2 aliphatic rings. The fourth-order valence-electron chi connectivity index (χ4n) is 5.21. The van der Waals surface area contributed by atoms with Gasteiger partial charge in [0.1, 0.15) is 22.8 Å². The minimum absolute atomic E-state index is 0.0395. The Kier molecular flexibility index (Phi) is 6.84. The van der Waals surface area contributed by atoms with Crippen LogP contribution in [0.5, 0.6) is 0 Å². The monoisotopic (exact) mass is 567 g/mol. The molecule has 13 heteroatoms. The van der Waals surface area contributed by atoms with E-state index in [1.165, 1.54) is 10.6 Å². The van der Waals surface area contributed by atoms with Gasteiger partial charge in [0.05, 0.1) is 36.6 Å². The van der Waals surface area contributed by atoms with E-state index in [1.807, 2.05) is 20.8 Å². The van der Waals surface area contributed by atoms with E-state index in [0.29, 0.717) is 61.7 Å². The highest BCUT2D eigenvalue weighted by molar-refractivity contribution is 5.99. The number of hydrogen-bond acceptors (Lipinski definition) is 7. The van der Waals surface area contributed by atoms with Gasteiger partial charge in [-0.05, 0) is 39.7 Å². The van der Waals surface area contributed by atoms with Crippen molar-refractivity contribution in [1.29, 1.82) is 0 Å². The average molecular weight is 568 g/mol. The van der Waals surface area contributed by atoms with E-state index in [2.05, 4.69) is 9.97 Å². The van der Waals surface area contributed by atoms with Crippen molar-refractivity contribution in [3.05, 3.63) is 48.1 Å². The Morgan fingerprint density at radius 1 is 1.10 bits per heavy atom. The Bertz CT molecular complexity index is 1640. The summed E-state index contributed by atoms with van der Waals surface area (Å²) >= 11 is 0. The Hall–Kier alpha value is -4.13. The van der Waals surface area contributed by atoms with Crippen molar-refractivity contribution >= 4 is 28.6 Å². The van der Waals surface area contributed by atoms with Crippen molar-refractivity contribution < 1.29 is 27.8 Å². The van der Waals surface area contributed by atoms with Crippen molar-refractivity contribution in [3.8, 4) is 11.4 Å². The Morgan fingerprint density at radius 3 is 2.68 bits per heavy atom. The number of hydrogen-bond donors (Lipinski definition) is 0. The maximum Gasteiger partial charge on any atom is 0.410 e. The first-order chi connectivity index (χ1) is 19.6. The third-order valence-electron chi connectivity index (χ3n) is 7.29. The molecule has 2 fully saturated rings. The predicted octanol–water partition coefficient (Wildman–Crippen LogP) is 3.90. The SMILES string of the molecule is CC(C)(C)OC(=O)N1CCC1Cn1nc(-c2cnc3c(F)cc(F)cn23)c2cnc(C(=O)N3CCCOCC3)cc21. The molecule has 6 rings (SSSR count). The van der Waals surface area contributed by atoms with Gasteiger partial charge in [0.2, 0.25) is 0 Å². The number of carbonyl (C=O) groups is 2. The minimum atomic E-state index is -0.796. The molecule has 41 heavy (non-hydrogen) atoms. The van der Waals surface area contributed by atoms with E-state index in [4.69, 9.17) is 14.6 Å². The molecule has 11 nitrogen and oxygen atoms in total. The van der Waals surface area contributed by atoms with Gasteiger partial charge in [0.25, 0.3) is 5.91 Å². The van der Waals surface area contributed by atoms with E-state index in [1.54, 1.807) is 26.7 Å². The second-order valence-corrected chi connectivity index (χ2v) is 11.3. The van der Waals surface area contributed by atoms with Gasteiger partial charge in [-0.25, -0.2) is 18.6 Å². The zero-order valence-corrected chi connectivity index (χ0v) is 23.1. The standard InChI is InChI=1S/C28H31F2N7O4/c1-28(2,3)41-27(39)35-7-5-18(35)16-37-22-12-21(26(38)34-6-4-9-40-10-8-34)31-13-19(22)24(33-37)23-14-32-25-20(30)11-17(29)15-36(23)25/h11-15,18H,4-10,16H2,1-3H3. The topological polar surface area (TPSA) is 107 Å². The highest BCUT2D eigenvalue weighted by Gasteiger charge is 2.36. The zero-order valence-electron chi connectivity index (χ0n) is 23.1. The highest BCUT2D eigenvalue weighted by atomic mass is 19.1. The van der Waals surface area contributed by atoms with Crippen molar-refractivity contribution in [2.45, 2.75) is 51.8 Å². The molecule has 1 unspecified atom stereocenters. The molecule has 2 saturated heterocycles. The molecule has 0 N–H and O–H groups in total. The van der Waals surface area contributed by atoms with Crippen LogP contribution in [0.4, 0.5) is 13.6 Å². The van der Waals surface area contributed by atoms with Gasteiger partial charge < -0.3 is 19.3 Å². The predicted molar refractivity (Wildman–Crippen MR) is 144 cm³/mol. The summed E-state index contributed by atoms with van der Waals surface area (Å²) in [6.07, 6.45) is 5.20. The van der Waals surface area contributed by atoms with Crippen LogP contribution in [-0.2, 0) is 16.0 Å². The quantitative estimate of drug-likeness (QED) is 0.368. The summed E-state index contributed by atoms with van der Waals surface area (Å²) in [6, 6.07) is 2.27. The average Bonchev–Trinajstić information content (AvgIpc) is 3.34. The number of fused-ring (bicyclic) bond motifs is 2. The molecule has 1 atom stereocenters. The second kappa shape index (κ2) is 10.4. The molecule has 4 aromatic heterocycles. The normalized spacial score (nSPS) is 18.0. The first-order valence-electron chi connectivity index (χ1n) is 13.6. The van der Waals surface area contributed by atoms with Gasteiger partial charge in [-0.2, -0.15) is 5.10 Å². The Labute approximate surface area is 234 Å². The maximum atomic E-state index is 14.4. The van der Waals surface area contributed by atoms with Gasteiger partial charge in [-0.3, -0.25) is 18.9 Å². The maximum absolute atomic E-state index is 14.4. The van der Waals surface area contributed by atoms with Gasteiger partial charge in [0.15, 0.2) is 11.5 Å². The van der Waals surface area contributed by atoms with Gasteiger partial charge >= 0.3 is 6.09 Å². The molecular weight excluding hydrogens is 536 g/mol. The van der Waals surface area contributed by atoms with Crippen molar-refractivity contribution in [2.24, 2.45) is 0 Å². The molecule has 216 valence electrons. The van der Waals surface area contributed by atoms with Crippen molar-refractivity contribution in [2.75, 3.05) is 32.8 Å². The number of pyridine rings is 2. The number of carbonyl (C=O) groups excluding carboxylic acids is 2. The van der Waals surface area contributed by atoms with Crippen LogP contribution >= 0.6 is 0 Å². The van der Waals surface area contributed by atoms with Crippen LogP contribution in [0.25, 0.3) is 27.9 Å². The van der Waals surface area contributed by atoms with E-state index < -0.39 is 23.3 Å². The van der Waals surface area contributed by atoms with Crippen LogP contribution in [0.2, 0.25) is 0 Å². The lowest BCUT2D eigenvalue weighted by molar-refractivity contribution is -0.00861. The smallest absolute Gasteiger partial charge is 0.410 e. The van der Waals surface area contributed by atoms with Gasteiger partial charge in [-0.1, -0.05) is 0 Å². The lowest BCUT2D eigenvalue weighted by atomic mass is 10.0. The molecule has 0 aromatic carbocycles. The van der Waals surface area contributed by atoms with Crippen LogP contribution in [0.1, 0.15) is 44.1 Å². The molecular formula is C28H31F2N7O4. The van der Waals surface area contributed by atoms with Crippen LogP contribution in [0.3, 0.4) is 0 Å². The minimum Gasteiger partial charge on any atom is -0.444 e. The number of likely N-dealkylation sites (tertiary alicyclic amines) is 1.